The molecule has 1 N–H and O–H groups in total. The van der Waals surface area contributed by atoms with Gasteiger partial charge in [0, 0.05) is 29.6 Å². The molecule has 0 saturated carbocycles. The number of hydrogen-bond acceptors (Lipinski definition) is 5. The highest BCUT2D eigenvalue weighted by Crippen LogP contribution is 2.27. The number of benzene rings is 2. The second-order valence-electron chi connectivity index (χ2n) is 9.26. The quantitative estimate of drug-likeness (QED) is 0.577. The minimum absolute atomic E-state index is 0.0620. The molecule has 0 spiro atoms. The van der Waals surface area contributed by atoms with E-state index in [2.05, 4.69) is 4.98 Å². The van der Waals surface area contributed by atoms with E-state index in [1.165, 1.54) is 4.31 Å². The average molecular weight is 485 g/mol. The number of hydrogen-bond donors (Lipinski definition) is 1. The summed E-state index contributed by atoms with van der Waals surface area (Å²) in [5.74, 6) is 0. The molecule has 1 aliphatic rings. The first-order chi connectivity index (χ1) is 16.1. The van der Waals surface area contributed by atoms with Crippen LogP contribution in [0.5, 0.6) is 0 Å². The normalized spacial score (nSPS) is 16.9. The number of aryl methyl sites for hydroxylation is 5. The fourth-order valence-electron chi connectivity index (χ4n) is 4.84. The second kappa shape index (κ2) is 9.62. The SMILES string of the molecule is Cc1cc(C)c(S(=O)(=O)N(Cc2cc3c(C)cc(C)cc3[nH]c2=O)CC2COCCO2)c(C)c1. The Morgan fingerprint density at radius 3 is 2.24 bits per heavy atom. The van der Waals surface area contributed by atoms with Crippen LogP contribution in [0.25, 0.3) is 10.9 Å². The first kappa shape index (κ1) is 24.6. The van der Waals surface area contributed by atoms with Crippen LogP contribution in [0.15, 0.2) is 40.0 Å². The van der Waals surface area contributed by atoms with Crippen molar-refractivity contribution in [3.05, 3.63) is 74.1 Å². The second-order valence-corrected chi connectivity index (χ2v) is 11.1. The summed E-state index contributed by atoms with van der Waals surface area (Å²) in [5, 5.41) is 0.900. The Morgan fingerprint density at radius 1 is 0.941 bits per heavy atom. The van der Waals surface area contributed by atoms with Crippen LogP contribution in [0.2, 0.25) is 0 Å². The monoisotopic (exact) mass is 484 g/mol. The maximum Gasteiger partial charge on any atom is 0.252 e. The Balaban J connectivity index is 1.80. The van der Waals surface area contributed by atoms with Gasteiger partial charge < -0.3 is 14.5 Å². The maximum absolute atomic E-state index is 14.0. The number of aromatic amines is 1. The number of pyridine rings is 1. The third-order valence-electron chi connectivity index (χ3n) is 6.23. The molecule has 1 saturated heterocycles. The molecule has 2 heterocycles. The summed E-state index contributed by atoms with van der Waals surface area (Å²) in [6, 6.07) is 9.51. The van der Waals surface area contributed by atoms with Crippen molar-refractivity contribution in [2.45, 2.75) is 52.2 Å². The first-order valence-corrected chi connectivity index (χ1v) is 12.9. The Bertz CT molecular complexity index is 1370. The fourth-order valence-corrected chi connectivity index (χ4v) is 6.70. The van der Waals surface area contributed by atoms with Gasteiger partial charge in [-0.2, -0.15) is 4.31 Å². The largest absolute Gasteiger partial charge is 0.376 e. The van der Waals surface area contributed by atoms with Crippen LogP contribution in [0.4, 0.5) is 0 Å². The van der Waals surface area contributed by atoms with Crippen molar-refractivity contribution in [3.8, 4) is 0 Å². The van der Waals surface area contributed by atoms with Crippen LogP contribution in [0.1, 0.15) is 33.4 Å². The van der Waals surface area contributed by atoms with Crippen molar-refractivity contribution < 1.29 is 17.9 Å². The van der Waals surface area contributed by atoms with E-state index in [1.54, 1.807) is 19.9 Å². The molecule has 7 nitrogen and oxygen atoms in total. The minimum Gasteiger partial charge on any atom is -0.376 e. The molecule has 1 unspecified atom stereocenters. The molecule has 0 radical (unpaired) electrons. The lowest BCUT2D eigenvalue weighted by Gasteiger charge is -2.30. The standard InChI is InChI=1S/C26H32N2O5S/c1-16-9-19(4)25(20(5)10-16)34(30,31)28(14-22-15-32-6-7-33-22)13-21-12-23-18(3)8-17(2)11-24(23)27-26(21)29/h8-12,22H,6-7,13-15H2,1-5H3,(H,27,29). The predicted molar refractivity (Wildman–Crippen MR) is 133 cm³/mol. The van der Waals surface area contributed by atoms with Crippen molar-refractivity contribution in [2.24, 2.45) is 0 Å². The number of rotatable bonds is 6. The third kappa shape index (κ3) is 4.95. The smallest absolute Gasteiger partial charge is 0.252 e. The molecular formula is C26H32N2O5S. The summed E-state index contributed by atoms with van der Waals surface area (Å²) in [5.41, 5.74) is 5.28. The van der Waals surface area contributed by atoms with Crippen molar-refractivity contribution in [3.63, 3.8) is 0 Å². The predicted octanol–water partition coefficient (Wildman–Crippen LogP) is 3.68. The lowest BCUT2D eigenvalue weighted by Crippen LogP contribution is -2.43. The lowest BCUT2D eigenvalue weighted by atomic mass is 10.0. The molecule has 3 aromatic rings. The molecule has 0 amide bonds. The Hall–Kier alpha value is -2.52. The fraction of sp³-hybridized carbons (Fsp3) is 0.423. The van der Waals surface area contributed by atoms with Crippen molar-refractivity contribution in [2.75, 3.05) is 26.4 Å². The van der Waals surface area contributed by atoms with Crippen LogP contribution >= 0.6 is 0 Å². The molecule has 0 aliphatic carbocycles. The number of nitrogens with one attached hydrogen (secondary N) is 1. The van der Waals surface area contributed by atoms with Gasteiger partial charge in [-0.05, 0) is 69.0 Å². The van der Waals surface area contributed by atoms with Gasteiger partial charge in [0.25, 0.3) is 5.56 Å². The molecule has 4 rings (SSSR count). The van der Waals surface area contributed by atoms with E-state index in [9.17, 15) is 13.2 Å². The highest BCUT2D eigenvalue weighted by molar-refractivity contribution is 7.89. The van der Waals surface area contributed by atoms with Crippen LogP contribution in [0, 0.1) is 34.6 Å². The van der Waals surface area contributed by atoms with Crippen LogP contribution in [-0.4, -0.2) is 50.2 Å². The summed E-state index contributed by atoms with van der Waals surface area (Å²) < 4.78 is 40.6. The first-order valence-electron chi connectivity index (χ1n) is 11.5. The van der Waals surface area contributed by atoms with Gasteiger partial charge in [-0.1, -0.05) is 23.8 Å². The van der Waals surface area contributed by atoms with Crippen molar-refractivity contribution in [1.29, 1.82) is 0 Å². The molecule has 34 heavy (non-hydrogen) atoms. The zero-order chi connectivity index (χ0) is 24.6. The topological polar surface area (TPSA) is 88.7 Å². The van der Waals surface area contributed by atoms with Crippen LogP contribution in [0.3, 0.4) is 0 Å². The van der Waals surface area contributed by atoms with Gasteiger partial charge in [-0.15, -0.1) is 0 Å². The third-order valence-corrected chi connectivity index (χ3v) is 8.35. The van der Waals surface area contributed by atoms with Gasteiger partial charge in [0.05, 0.1) is 30.8 Å². The summed E-state index contributed by atoms with van der Waals surface area (Å²) in [4.78, 5) is 16.2. The zero-order valence-electron chi connectivity index (χ0n) is 20.4. The van der Waals surface area contributed by atoms with Gasteiger partial charge in [-0.3, -0.25) is 4.79 Å². The van der Waals surface area contributed by atoms with Crippen molar-refractivity contribution >= 4 is 20.9 Å². The van der Waals surface area contributed by atoms with Crippen LogP contribution < -0.4 is 5.56 Å². The van der Waals surface area contributed by atoms with Crippen LogP contribution in [-0.2, 0) is 26.0 Å². The summed E-state index contributed by atoms with van der Waals surface area (Å²) >= 11 is 0. The molecule has 1 fully saturated rings. The molecule has 1 aromatic heterocycles. The number of nitrogens with zero attached hydrogens (tertiary/aromatic N) is 1. The Kier molecular flexibility index (Phi) is 6.96. The lowest BCUT2D eigenvalue weighted by molar-refractivity contribution is -0.0923. The molecule has 1 atom stereocenters. The van der Waals surface area contributed by atoms with Gasteiger partial charge in [-0.25, -0.2) is 8.42 Å². The molecule has 8 heteroatoms. The molecule has 182 valence electrons. The van der Waals surface area contributed by atoms with Gasteiger partial charge in [0.15, 0.2) is 0 Å². The van der Waals surface area contributed by atoms with Crippen molar-refractivity contribution in [1.82, 2.24) is 9.29 Å². The zero-order valence-corrected chi connectivity index (χ0v) is 21.2. The molecule has 0 bridgehead atoms. The molecule has 1 aliphatic heterocycles. The number of ether oxygens (including phenoxy) is 2. The summed E-state index contributed by atoms with van der Waals surface area (Å²) in [7, 11) is -3.92. The number of sulfonamides is 1. The van der Waals surface area contributed by atoms with E-state index < -0.39 is 16.1 Å². The van der Waals surface area contributed by atoms with E-state index >= 15 is 0 Å². The number of aromatic nitrogens is 1. The maximum atomic E-state index is 14.0. The summed E-state index contributed by atoms with van der Waals surface area (Å²) in [6.07, 6.45) is -0.404. The van der Waals surface area contributed by atoms with E-state index in [0.29, 0.717) is 36.5 Å². The van der Waals surface area contributed by atoms with E-state index in [-0.39, 0.29) is 23.5 Å². The van der Waals surface area contributed by atoms with Gasteiger partial charge >= 0.3 is 0 Å². The summed E-state index contributed by atoms with van der Waals surface area (Å²) in [6.45, 7) is 10.8. The van der Waals surface area contributed by atoms with E-state index in [0.717, 1.165) is 27.6 Å². The van der Waals surface area contributed by atoms with Gasteiger partial charge in [0.1, 0.15) is 0 Å². The number of fused-ring (bicyclic) bond motifs is 1. The number of H-pyrrole nitrogens is 1. The molecular weight excluding hydrogens is 452 g/mol. The average Bonchev–Trinajstić information content (AvgIpc) is 2.73. The Labute approximate surface area is 200 Å². The van der Waals surface area contributed by atoms with Gasteiger partial charge in [0.2, 0.25) is 10.0 Å². The highest BCUT2D eigenvalue weighted by Gasteiger charge is 2.32. The Morgan fingerprint density at radius 2 is 1.59 bits per heavy atom. The molecule has 2 aromatic carbocycles. The minimum atomic E-state index is -3.92. The highest BCUT2D eigenvalue weighted by atomic mass is 32.2. The van der Waals surface area contributed by atoms with E-state index in [1.807, 2.05) is 45.0 Å². The van der Waals surface area contributed by atoms with E-state index in [4.69, 9.17) is 9.47 Å².